The van der Waals surface area contributed by atoms with Crippen LogP contribution in [-0.4, -0.2) is 60.3 Å². The molecule has 10 heteroatoms. The largest absolute Gasteiger partial charge is 0.454 e. The second-order valence-corrected chi connectivity index (χ2v) is 9.17. The third kappa shape index (κ3) is 10.6. The number of hydrogen-bond donors (Lipinski definition) is 1. The van der Waals surface area contributed by atoms with Gasteiger partial charge in [-0.25, -0.2) is 4.79 Å². The van der Waals surface area contributed by atoms with Crippen LogP contribution in [0.15, 0.2) is 29.2 Å². The summed E-state index contributed by atoms with van der Waals surface area (Å²) in [5.41, 5.74) is 1.37. The first kappa shape index (κ1) is 28.9. The fraction of sp³-hybridized carbons (Fsp3) is 0.478. The van der Waals surface area contributed by atoms with Crippen LogP contribution in [0.4, 0.5) is 10.5 Å². The number of unbranched alkanes of at least 4 members (excludes halogenated alkanes) is 3. The number of likely N-dealkylation sites (N-methyl/N-ethyl adjacent to an activating group) is 1. The zero-order valence-corrected chi connectivity index (χ0v) is 21.9. The van der Waals surface area contributed by atoms with Gasteiger partial charge in [-0.15, -0.1) is 0 Å². The summed E-state index contributed by atoms with van der Waals surface area (Å²) in [5.74, 6) is -0.454. The first-order valence-electron chi connectivity index (χ1n) is 10.8. The van der Waals surface area contributed by atoms with Crippen LogP contribution in [0.1, 0.15) is 45.1 Å². The Morgan fingerprint density at radius 1 is 1.21 bits per heavy atom. The van der Waals surface area contributed by atoms with Gasteiger partial charge >= 0.3 is 5.43 Å². The Morgan fingerprint density at radius 2 is 1.88 bits per heavy atom. The molecule has 1 aliphatic heterocycles. The molecule has 1 saturated heterocycles. The van der Waals surface area contributed by atoms with Gasteiger partial charge in [0.25, 0.3) is 5.91 Å². The quantitative estimate of drug-likeness (QED) is 0.203. The summed E-state index contributed by atoms with van der Waals surface area (Å²) in [5, 5.41) is 2.51. The highest BCUT2D eigenvalue weighted by Crippen LogP contribution is 2.32. The van der Waals surface area contributed by atoms with Gasteiger partial charge < -0.3 is 15.0 Å². The van der Waals surface area contributed by atoms with Crippen molar-refractivity contribution >= 4 is 68.9 Å². The Balaban J connectivity index is 0.000000801. The van der Waals surface area contributed by atoms with Crippen molar-refractivity contribution in [1.29, 1.82) is 0 Å². The lowest BCUT2D eigenvalue weighted by Gasteiger charge is -2.19. The van der Waals surface area contributed by atoms with Crippen molar-refractivity contribution in [2.45, 2.75) is 39.5 Å². The maximum atomic E-state index is 12.5. The fourth-order valence-corrected chi connectivity index (χ4v) is 4.22. The highest BCUT2D eigenvalue weighted by atomic mass is 35.5. The van der Waals surface area contributed by atoms with E-state index in [9.17, 15) is 14.4 Å². The maximum Gasteiger partial charge on any atom is 0.403 e. The molecule has 2 amide bonds. The Hall–Kier alpha value is -2.10. The number of benzene rings is 1. The van der Waals surface area contributed by atoms with Crippen LogP contribution in [0.2, 0.25) is 0 Å². The number of halogens is 1. The van der Waals surface area contributed by atoms with Crippen LogP contribution in [-0.2, 0) is 14.3 Å². The fourth-order valence-electron chi connectivity index (χ4n) is 2.85. The lowest BCUT2D eigenvalue weighted by molar-refractivity contribution is -0.128. The van der Waals surface area contributed by atoms with E-state index < -0.39 is 5.43 Å². The number of nitrogens with zero attached hydrogens (tertiary/aromatic N) is 2. The van der Waals surface area contributed by atoms with Crippen LogP contribution < -0.4 is 10.2 Å². The average Bonchev–Trinajstić information content (AvgIpc) is 3.04. The second-order valence-electron chi connectivity index (χ2n) is 7.19. The standard InChI is InChI=1S/C20H27N3O2S2.C3H5ClO2/c1-4-5-6-7-12-22(3)16-10-8-15(9-11-16)13-17-19(25)23(20(26)27-17)14-18(24)21-2;1-2-6-3(4)5/h8-11,13H,4-7,12,14H2,1-3H3,(H,21,24);2H2,1H3. The van der Waals surface area contributed by atoms with E-state index in [1.165, 1.54) is 49.4 Å². The molecule has 1 aromatic carbocycles. The number of thioether (sulfide) groups is 1. The Labute approximate surface area is 210 Å². The Kier molecular flexibility index (Phi) is 13.8. The molecule has 0 atom stereocenters. The van der Waals surface area contributed by atoms with Crippen molar-refractivity contribution in [3.8, 4) is 0 Å². The molecule has 0 saturated carbocycles. The first-order valence-corrected chi connectivity index (χ1v) is 12.4. The number of hydrogen-bond acceptors (Lipinski definition) is 7. The number of amides is 2. The molecule has 0 aromatic heterocycles. The van der Waals surface area contributed by atoms with E-state index in [0.29, 0.717) is 15.8 Å². The minimum absolute atomic E-state index is 0.0414. The van der Waals surface area contributed by atoms with E-state index in [-0.39, 0.29) is 18.4 Å². The monoisotopic (exact) mass is 513 g/mol. The number of ether oxygens (including phenoxy) is 1. The summed E-state index contributed by atoms with van der Waals surface area (Å²) in [6.45, 7) is 5.26. The SMILES string of the molecule is CCCCCCN(C)c1ccc(C=C2SC(=S)N(CC(=O)NC)C2=O)cc1.CCOC(=O)Cl. The minimum atomic E-state index is -0.738. The lowest BCUT2D eigenvalue weighted by atomic mass is 10.1. The zero-order chi connectivity index (χ0) is 24.8. The molecule has 0 radical (unpaired) electrons. The second kappa shape index (κ2) is 15.7. The van der Waals surface area contributed by atoms with Crippen molar-refractivity contribution in [1.82, 2.24) is 10.2 Å². The number of thiocarbonyl (C=S) groups is 1. The van der Waals surface area contributed by atoms with E-state index in [4.69, 9.17) is 23.8 Å². The van der Waals surface area contributed by atoms with Gasteiger partial charge in [0, 0.05) is 37.9 Å². The molecular weight excluding hydrogens is 482 g/mol. The summed E-state index contributed by atoms with van der Waals surface area (Å²) < 4.78 is 4.58. The van der Waals surface area contributed by atoms with E-state index in [1.807, 2.05) is 18.2 Å². The number of carbonyl (C=O) groups excluding carboxylic acids is 3. The van der Waals surface area contributed by atoms with Crippen molar-refractivity contribution in [2.24, 2.45) is 0 Å². The smallest absolute Gasteiger partial charge is 0.403 e. The molecule has 0 aliphatic carbocycles. The summed E-state index contributed by atoms with van der Waals surface area (Å²) in [6, 6.07) is 8.14. The van der Waals surface area contributed by atoms with Gasteiger partial charge in [0.15, 0.2) is 0 Å². The number of nitrogens with one attached hydrogen (secondary N) is 1. The molecule has 0 bridgehead atoms. The number of rotatable bonds is 10. The van der Waals surface area contributed by atoms with Gasteiger partial charge in [0.1, 0.15) is 10.9 Å². The summed E-state index contributed by atoms with van der Waals surface area (Å²) >= 11 is 11.2. The molecule has 1 aliphatic rings. The van der Waals surface area contributed by atoms with Crippen LogP contribution in [0.3, 0.4) is 0 Å². The molecule has 2 rings (SSSR count). The highest BCUT2D eigenvalue weighted by molar-refractivity contribution is 8.26. The van der Waals surface area contributed by atoms with Crippen LogP contribution in [0, 0.1) is 0 Å². The molecule has 0 spiro atoms. The topological polar surface area (TPSA) is 78.9 Å². The molecule has 0 unspecified atom stereocenters. The molecule has 33 heavy (non-hydrogen) atoms. The Morgan fingerprint density at radius 3 is 2.39 bits per heavy atom. The van der Waals surface area contributed by atoms with Crippen LogP contribution in [0.5, 0.6) is 0 Å². The third-order valence-electron chi connectivity index (χ3n) is 4.69. The molecule has 1 heterocycles. The normalized spacial score (nSPS) is 14.1. The van der Waals surface area contributed by atoms with Crippen molar-refractivity contribution in [2.75, 3.05) is 38.7 Å². The van der Waals surface area contributed by atoms with Gasteiger partial charge in [0.2, 0.25) is 5.91 Å². The van der Waals surface area contributed by atoms with E-state index in [0.717, 1.165) is 17.8 Å². The van der Waals surface area contributed by atoms with Crippen molar-refractivity contribution in [3.05, 3.63) is 34.7 Å². The lowest BCUT2D eigenvalue weighted by Crippen LogP contribution is -2.38. The number of anilines is 1. The summed E-state index contributed by atoms with van der Waals surface area (Å²) in [6.07, 6.45) is 6.81. The van der Waals surface area contributed by atoms with E-state index >= 15 is 0 Å². The van der Waals surface area contributed by atoms with Gasteiger partial charge in [-0.1, -0.05) is 62.3 Å². The van der Waals surface area contributed by atoms with Gasteiger partial charge in [-0.3, -0.25) is 14.5 Å². The van der Waals surface area contributed by atoms with Crippen molar-refractivity contribution in [3.63, 3.8) is 0 Å². The highest BCUT2D eigenvalue weighted by Gasteiger charge is 2.33. The summed E-state index contributed by atoms with van der Waals surface area (Å²) in [7, 11) is 3.64. The molecule has 7 nitrogen and oxygen atoms in total. The number of carbonyl (C=O) groups is 3. The predicted molar refractivity (Wildman–Crippen MR) is 141 cm³/mol. The first-order chi connectivity index (χ1) is 15.7. The Bertz CT molecular complexity index is 847. The third-order valence-corrected chi connectivity index (χ3v) is 6.18. The predicted octanol–water partition coefficient (Wildman–Crippen LogP) is 5.03. The average molecular weight is 514 g/mol. The minimum Gasteiger partial charge on any atom is -0.454 e. The van der Waals surface area contributed by atoms with Gasteiger partial charge in [-0.05, 0) is 37.1 Å². The molecule has 1 aromatic rings. The van der Waals surface area contributed by atoms with Crippen LogP contribution >= 0.6 is 35.6 Å². The van der Waals surface area contributed by atoms with E-state index in [2.05, 4.69) is 41.1 Å². The van der Waals surface area contributed by atoms with Crippen molar-refractivity contribution < 1.29 is 19.1 Å². The maximum absolute atomic E-state index is 12.5. The molecule has 1 N–H and O–H groups in total. The summed E-state index contributed by atoms with van der Waals surface area (Å²) in [4.78, 5) is 37.7. The molecule has 182 valence electrons. The van der Waals surface area contributed by atoms with Crippen LogP contribution in [0.25, 0.3) is 6.08 Å². The van der Waals surface area contributed by atoms with Gasteiger partial charge in [0.05, 0.1) is 11.5 Å². The molecule has 1 fully saturated rings. The zero-order valence-electron chi connectivity index (χ0n) is 19.6. The van der Waals surface area contributed by atoms with Gasteiger partial charge in [-0.2, -0.15) is 0 Å². The molecular formula is C23H32ClN3O4S2. The van der Waals surface area contributed by atoms with E-state index in [1.54, 1.807) is 6.92 Å².